The summed E-state index contributed by atoms with van der Waals surface area (Å²) < 4.78 is 0. The molecule has 2 rings (SSSR count). The maximum absolute atomic E-state index is 11.5. The topological polar surface area (TPSA) is 42.0 Å². The SMILES string of the molecule is O=C(Nc1ccncc1)C1=C=CC=C1. The molecule has 68 valence electrons. The van der Waals surface area contributed by atoms with Gasteiger partial charge in [-0.25, -0.2) is 0 Å². The predicted molar refractivity (Wildman–Crippen MR) is 53.6 cm³/mol. The Labute approximate surface area is 81.5 Å². The minimum atomic E-state index is -0.152. The highest BCUT2D eigenvalue weighted by atomic mass is 16.1. The number of aromatic nitrogens is 1. The molecule has 1 aromatic rings. The Balaban J connectivity index is 2.09. The number of amides is 1. The van der Waals surface area contributed by atoms with Gasteiger partial charge in [0, 0.05) is 18.1 Å². The lowest BCUT2D eigenvalue weighted by Crippen LogP contribution is -2.12. The van der Waals surface area contributed by atoms with Gasteiger partial charge in [-0.15, -0.1) is 5.73 Å². The summed E-state index contributed by atoms with van der Waals surface area (Å²) in [6.45, 7) is 0. The van der Waals surface area contributed by atoms with E-state index in [2.05, 4.69) is 16.0 Å². The third kappa shape index (κ3) is 1.79. The van der Waals surface area contributed by atoms with Crippen molar-refractivity contribution < 1.29 is 4.79 Å². The van der Waals surface area contributed by atoms with Crippen LogP contribution in [0.2, 0.25) is 0 Å². The molecular weight excluding hydrogens is 176 g/mol. The molecule has 0 aliphatic heterocycles. The van der Waals surface area contributed by atoms with Gasteiger partial charge in [-0.1, -0.05) is 6.08 Å². The summed E-state index contributed by atoms with van der Waals surface area (Å²) in [6.07, 6.45) is 8.47. The quantitative estimate of drug-likeness (QED) is 0.710. The number of carbonyl (C=O) groups is 1. The largest absolute Gasteiger partial charge is 0.321 e. The van der Waals surface area contributed by atoms with Crippen molar-refractivity contribution in [3.63, 3.8) is 0 Å². The lowest BCUT2D eigenvalue weighted by molar-refractivity contribution is -0.112. The van der Waals surface area contributed by atoms with Gasteiger partial charge < -0.3 is 5.32 Å². The smallest absolute Gasteiger partial charge is 0.263 e. The third-order valence-corrected chi connectivity index (χ3v) is 1.78. The first kappa shape index (κ1) is 8.48. The number of carbonyl (C=O) groups excluding carboxylic acids is 1. The fourth-order valence-electron chi connectivity index (χ4n) is 1.11. The fourth-order valence-corrected chi connectivity index (χ4v) is 1.11. The maximum atomic E-state index is 11.5. The monoisotopic (exact) mass is 184 g/mol. The van der Waals surface area contributed by atoms with Crippen molar-refractivity contribution in [2.24, 2.45) is 0 Å². The van der Waals surface area contributed by atoms with Gasteiger partial charge in [0.25, 0.3) is 5.91 Å². The number of nitrogens with zero attached hydrogens (tertiary/aromatic N) is 1. The van der Waals surface area contributed by atoms with E-state index in [0.717, 1.165) is 5.69 Å². The summed E-state index contributed by atoms with van der Waals surface area (Å²) in [4.78, 5) is 15.4. The number of nitrogens with one attached hydrogen (secondary N) is 1. The molecule has 1 aliphatic rings. The van der Waals surface area contributed by atoms with E-state index in [-0.39, 0.29) is 5.91 Å². The van der Waals surface area contributed by atoms with Crippen molar-refractivity contribution in [3.8, 4) is 0 Å². The molecule has 0 atom stereocenters. The van der Waals surface area contributed by atoms with E-state index in [4.69, 9.17) is 0 Å². The van der Waals surface area contributed by atoms with Crippen LogP contribution in [0.1, 0.15) is 0 Å². The molecular formula is C11H8N2O. The lowest BCUT2D eigenvalue weighted by atomic mass is 10.3. The molecule has 1 heterocycles. The van der Waals surface area contributed by atoms with E-state index in [1.165, 1.54) is 0 Å². The summed E-state index contributed by atoms with van der Waals surface area (Å²) in [7, 11) is 0. The first-order valence-electron chi connectivity index (χ1n) is 4.21. The average Bonchev–Trinajstić information content (AvgIpc) is 2.72. The highest BCUT2D eigenvalue weighted by Crippen LogP contribution is 2.08. The maximum Gasteiger partial charge on any atom is 0.263 e. The fraction of sp³-hybridized carbons (Fsp3) is 0. The van der Waals surface area contributed by atoms with Gasteiger partial charge in [-0.3, -0.25) is 9.78 Å². The molecule has 0 saturated carbocycles. The van der Waals surface area contributed by atoms with E-state index >= 15 is 0 Å². The summed E-state index contributed by atoms with van der Waals surface area (Å²) in [5, 5.41) is 2.73. The Morgan fingerprint density at radius 1 is 1.36 bits per heavy atom. The number of allylic oxidation sites excluding steroid dienone is 1. The van der Waals surface area contributed by atoms with E-state index in [1.54, 1.807) is 42.8 Å². The first-order chi connectivity index (χ1) is 6.86. The second-order valence-corrected chi connectivity index (χ2v) is 2.77. The van der Waals surface area contributed by atoms with Crippen LogP contribution in [0.25, 0.3) is 0 Å². The van der Waals surface area contributed by atoms with Crippen LogP contribution in [0, 0.1) is 0 Å². The van der Waals surface area contributed by atoms with Crippen LogP contribution in [0.15, 0.2) is 54.1 Å². The molecule has 1 N–H and O–H groups in total. The molecule has 0 radical (unpaired) electrons. The zero-order chi connectivity index (χ0) is 9.80. The van der Waals surface area contributed by atoms with Crippen molar-refractivity contribution in [3.05, 3.63) is 54.1 Å². The molecule has 0 saturated heterocycles. The van der Waals surface area contributed by atoms with E-state index < -0.39 is 0 Å². The van der Waals surface area contributed by atoms with Gasteiger partial charge in [0.1, 0.15) is 0 Å². The predicted octanol–water partition coefficient (Wildman–Crippen LogP) is 1.67. The molecule has 14 heavy (non-hydrogen) atoms. The van der Waals surface area contributed by atoms with Crippen molar-refractivity contribution >= 4 is 11.6 Å². The molecule has 0 fully saturated rings. The second kappa shape index (κ2) is 3.73. The molecule has 1 aliphatic carbocycles. The van der Waals surface area contributed by atoms with Gasteiger partial charge >= 0.3 is 0 Å². The van der Waals surface area contributed by atoms with E-state index in [1.807, 2.05) is 0 Å². The van der Waals surface area contributed by atoms with Gasteiger partial charge in [0.2, 0.25) is 0 Å². The Hall–Kier alpha value is -2.12. The Kier molecular flexibility index (Phi) is 2.26. The number of anilines is 1. The molecule has 0 bridgehead atoms. The van der Waals surface area contributed by atoms with Gasteiger partial charge in [0.15, 0.2) is 0 Å². The van der Waals surface area contributed by atoms with Crippen molar-refractivity contribution in [2.75, 3.05) is 5.32 Å². The molecule has 1 aromatic heterocycles. The van der Waals surface area contributed by atoms with Crippen molar-refractivity contribution in [1.29, 1.82) is 0 Å². The Morgan fingerprint density at radius 2 is 2.14 bits per heavy atom. The zero-order valence-corrected chi connectivity index (χ0v) is 7.40. The van der Waals surface area contributed by atoms with Crippen LogP contribution in [-0.4, -0.2) is 10.9 Å². The Bertz CT molecular complexity index is 440. The van der Waals surface area contributed by atoms with Crippen LogP contribution in [0.4, 0.5) is 5.69 Å². The summed E-state index contributed by atoms with van der Waals surface area (Å²) in [5.41, 5.74) is 4.11. The van der Waals surface area contributed by atoms with Crippen LogP contribution in [-0.2, 0) is 4.79 Å². The number of hydrogen-bond donors (Lipinski definition) is 1. The molecule has 0 unspecified atom stereocenters. The normalized spacial score (nSPS) is 12.7. The van der Waals surface area contributed by atoms with Gasteiger partial charge in [0.05, 0.1) is 5.57 Å². The zero-order valence-electron chi connectivity index (χ0n) is 7.40. The number of hydrogen-bond acceptors (Lipinski definition) is 2. The van der Waals surface area contributed by atoms with E-state index in [0.29, 0.717) is 5.57 Å². The minimum Gasteiger partial charge on any atom is -0.321 e. The van der Waals surface area contributed by atoms with Gasteiger partial charge in [-0.05, 0) is 24.3 Å². The highest BCUT2D eigenvalue weighted by Gasteiger charge is 2.06. The summed E-state index contributed by atoms with van der Waals surface area (Å²) >= 11 is 0. The minimum absolute atomic E-state index is 0.152. The van der Waals surface area contributed by atoms with E-state index in [9.17, 15) is 4.79 Å². The first-order valence-corrected chi connectivity index (χ1v) is 4.21. The average molecular weight is 184 g/mol. The molecule has 0 spiro atoms. The molecule has 3 heteroatoms. The lowest BCUT2D eigenvalue weighted by Gasteiger charge is -2.02. The van der Waals surface area contributed by atoms with Crippen molar-refractivity contribution in [2.45, 2.75) is 0 Å². The molecule has 1 amide bonds. The number of pyridine rings is 1. The Morgan fingerprint density at radius 3 is 2.79 bits per heavy atom. The van der Waals surface area contributed by atoms with Gasteiger partial charge in [-0.2, -0.15) is 0 Å². The second-order valence-electron chi connectivity index (χ2n) is 2.77. The molecule has 3 nitrogen and oxygen atoms in total. The van der Waals surface area contributed by atoms with Crippen LogP contribution in [0.3, 0.4) is 0 Å². The third-order valence-electron chi connectivity index (χ3n) is 1.78. The number of rotatable bonds is 2. The van der Waals surface area contributed by atoms with Crippen LogP contribution in [0.5, 0.6) is 0 Å². The summed E-state index contributed by atoms with van der Waals surface area (Å²) in [5.74, 6) is -0.152. The summed E-state index contributed by atoms with van der Waals surface area (Å²) in [6, 6.07) is 3.47. The van der Waals surface area contributed by atoms with Crippen LogP contribution < -0.4 is 5.32 Å². The molecule has 0 aromatic carbocycles. The highest BCUT2D eigenvalue weighted by molar-refractivity contribution is 6.05. The van der Waals surface area contributed by atoms with Crippen LogP contribution >= 0.6 is 0 Å². The standard InChI is InChI=1S/C11H8N2O/c14-11(9-3-1-2-4-9)13-10-5-7-12-8-6-10/h1-3,5-8H,(H,12,13,14). The van der Waals surface area contributed by atoms with Crippen molar-refractivity contribution in [1.82, 2.24) is 4.98 Å².